The van der Waals surface area contributed by atoms with Crippen LogP contribution in [0.3, 0.4) is 0 Å². The van der Waals surface area contributed by atoms with Crippen LogP contribution < -0.4 is 0 Å². The number of carbonyl (C=O) groups excluding carboxylic acids is 1. The van der Waals surface area contributed by atoms with Crippen LogP contribution in [0, 0.1) is 6.92 Å². The Balaban J connectivity index is 1.51. The first kappa shape index (κ1) is 23.4. The number of aromatic nitrogens is 1. The number of hydrogen-bond acceptors (Lipinski definition) is 4. The van der Waals surface area contributed by atoms with E-state index in [2.05, 4.69) is 0 Å². The minimum Gasteiger partial charge on any atom is -0.331 e. The highest BCUT2D eigenvalue weighted by Gasteiger charge is 2.46. The van der Waals surface area contributed by atoms with Crippen LogP contribution in [-0.2, 0) is 22.4 Å². The summed E-state index contributed by atoms with van der Waals surface area (Å²) in [6.45, 7) is 3.09. The molecular weight excluding hydrogens is 505 g/mol. The van der Waals surface area contributed by atoms with Gasteiger partial charge >= 0.3 is 0 Å². The molecule has 10 heteroatoms. The van der Waals surface area contributed by atoms with E-state index >= 15 is 0 Å². The van der Waals surface area contributed by atoms with Gasteiger partial charge in [0.15, 0.2) is 0 Å². The summed E-state index contributed by atoms with van der Waals surface area (Å²) in [6, 6.07) is 4.98. The third-order valence-electron chi connectivity index (χ3n) is 6.78. The fourth-order valence-corrected chi connectivity index (χ4v) is 7.91. The molecule has 3 aliphatic rings. The minimum atomic E-state index is -3.29. The number of hydrogen-bond donors (Lipinski definition) is 0. The Bertz CT molecular complexity index is 1250. The van der Waals surface area contributed by atoms with E-state index in [4.69, 9.17) is 39.8 Å². The highest BCUT2D eigenvalue weighted by molar-refractivity contribution is 7.90. The minimum absolute atomic E-state index is 0.166. The molecule has 6 nitrogen and oxygen atoms in total. The van der Waals surface area contributed by atoms with E-state index in [0.29, 0.717) is 52.1 Å². The van der Waals surface area contributed by atoms with Gasteiger partial charge in [-0.1, -0.05) is 29.3 Å². The van der Waals surface area contributed by atoms with Crippen molar-refractivity contribution in [3.05, 3.63) is 50.8 Å². The lowest BCUT2D eigenvalue weighted by atomic mass is 9.93. The standard InChI is InChI=1S/C23H24Cl3N3O3S/c1-13-18(10-24)21(17-7-4-14(25)9-19(17)26)22-20(27-13)12-28(23(22)30)11-15-3-2-8-29(15)33(31,32)16-5-6-16/h4,7,9,15-16H,2-3,5-6,8,10-12H2,1H3. The number of halogens is 3. The number of aryl methyl sites for hydroxylation is 1. The Morgan fingerprint density at radius 2 is 1.91 bits per heavy atom. The first-order valence-electron chi connectivity index (χ1n) is 11.1. The van der Waals surface area contributed by atoms with E-state index in [9.17, 15) is 13.2 Å². The molecule has 0 bridgehead atoms. The number of fused-ring (bicyclic) bond motifs is 1. The summed E-state index contributed by atoms with van der Waals surface area (Å²) in [5.41, 5.74) is 4.05. The van der Waals surface area contributed by atoms with Crippen molar-refractivity contribution >= 4 is 50.7 Å². The molecule has 1 atom stereocenters. The quantitative estimate of drug-likeness (QED) is 0.494. The van der Waals surface area contributed by atoms with Crippen LogP contribution in [0.1, 0.15) is 53.0 Å². The lowest BCUT2D eigenvalue weighted by Crippen LogP contribution is -2.44. The molecule has 1 saturated carbocycles. The predicted molar refractivity (Wildman–Crippen MR) is 130 cm³/mol. The van der Waals surface area contributed by atoms with Gasteiger partial charge in [0.25, 0.3) is 5.91 Å². The first-order valence-corrected chi connectivity index (χ1v) is 13.9. The Kier molecular flexibility index (Phi) is 6.15. The number of pyridine rings is 1. The van der Waals surface area contributed by atoms with Gasteiger partial charge in [-0.3, -0.25) is 9.78 Å². The molecule has 0 spiro atoms. The van der Waals surface area contributed by atoms with Crippen LogP contribution in [0.2, 0.25) is 10.0 Å². The molecule has 1 aromatic heterocycles. The van der Waals surface area contributed by atoms with Crippen LogP contribution in [-0.4, -0.2) is 52.9 Å². The molecule has 0 radical (unpaired) electrons. The summed E-state index contributed by atoms with van der Waals surface area (Å²) in [6.07, 6.45) is 3.02. The van der Waals surface area contributed by atoms with Gasteiger partial charge in [-0.15, -0.1) is 11.6 Å². The molecule has 1 aliphatic carbocycles. The molecule has 5 rings (SSSR count). The van der Waals surface area contributed by atoms with Crippen LogP contribution in [0.15, 0.2) is 18.2 Å². The fourth-order valence-electron chi connectivity index (χ4n) is 5.00. The zero-order chi connectivity index (χ0) is 23.5. The average molecular weight is 529 g/mol. The smallest absolute Gasteiger partial charge is 0.256 e. The van der Waals surface area contributed by atoms with Crippen molar-refractivity contribution in [3.63, 3.8) is 0 Å². The van der Waals surface area contributed by atoms with E-state index < -0.39 is 10.0 Å². The van der Waals surface area contributed by atoms with E-state index in [0.717, 1.165) is 36.9 Å². The number of sulfonamides is 1. The Morgan fingerprint density at radius 1 is 1.15 bits per heavy atom. The summed E-state index contributed by atoms with van der Waals surface area (Å²) < 4.78 is 27.4. The molecule has 1 amide bonds. The number of alkyl halides is 1. The number of benzene rings is 1. The second kappa shape index (κ2) is 8.68. The van der Waals surface area contributed by atoms with Crippen molar-refractivity contribution < 1.29 is 13.2 Å². The number of amides is 1. The summed E-state index contributed by atoms with van der Waals surface area (Å²) in [4.78, 5) is 20.1. The van der Waals surface area contributed by atoms with Crippen molar-refractivity contribution in [3.8, 4) is 11.1 Å². The van der Waals surface area contributed by atoms with Crippen LogP contribution in [0.25, 0.3) is 11.1 Å². The van der Waals surface area contributed by atoms with E-state index in [1.54, 1.807) is 27.4 Å². The normalized spacial score (nSPS) is 21.2. The maximum atomic E-state index is 13.6. The summed E-state index contributed by atoms with van der Waals surface area (Å²) in [7, 11) is -3.29. The van der Waals surface area contributed by atoms with Crippen molar-refractivity contribution in [2.75, 3.05) is 13.1 Å². The summed E-state index contributed by atoms with van der Waals surface area (Å²) in [5, 5.41) is 0.689. The molecule has 2 aliphatic heterocycles. The highest BCUT2D eigenvalue weighted by atomic mass is 35.5. The summed E-state index contributed by atoms with van der Waals surface area (Å²) >= 11 is 18.9. The predicted octanol–water partition coefficient (Wildman–Crippen LogP) is 5.02. The van der Waals surface area contributed by atoms with Gasteiger partial charge in [0.05, 0.1) is 23.1 Å². The molecule has 0 N–H and O–H groups in total. The molecule has 3 heterocycles. The van der Waals surface area contributed by atoms with Crippen LogP contribution in [0.5, 0.6) is 0 Å². The van der Waals surface area contributed by atoms with Gasteiger partial charge in [-0.25, -0.2) is 8.42 Å². The van der Waals surface area contributed by atoms with Crippen molar-refractivity contribution in [1.29, 1.82) is 0 Å². The van der Waals surface area contributed by atoms with Crippen LogP contribution in [0.4, 0.5) is 0 Å². The average Bonchev–Trinajstić information content (AvgIpc) is 3.45. The zero-order valence-electron chi connectivity index (χ0n) is 18.2. The number of nitrogens with zero attached hydrogens (tertiary/aromatic N) is 3. The Labute approximate surface area is 208 Å². The molecule has 2 aromatic rings. The van der Waals surface area contributed by atoms with E-state index in [1.807, 2.05) is 6.92 Å². The van der Waals surface area contributed by atoms with Crippen LogP contribution >= 0.6 is 34.8 Å². The first-order chi connectivity index (χ1) is 15.7. The molecule has 176 valence electrons. The molecule has 1 unspecified atom stereocenters. The maximum Gasteiger partial charge on any atom is 0.256 e. The Morgan fingerprint density at radius 3 is 2.58 bits per heavy atom. The third-order valence-corrected chi connectivity index (χ3v) is 10.0. The second-order valence-corrected chi connectivity index (χ2v) is 12.2. The highest BCUT2D eigenvalue weighted by Crippen LogP contribution is 2.41. The monoisotopic (exact) mass is 527 g/mol. The van der Waals surface area contributed by atoms with E-state index in [-0.39, 0.29) is 23.1 Å². The van der Waals surface area contributed by atoms with Gasteiger partial charge in [0, 0.05) is 51.9 Å². The lowest BCUT2D eigenvalue weighted by molar-refractivity contribution is 0.0751. The fraction of sp³-hybridized carbons (Fsp3) is 0.478. The maximum absolute atomic E-state index is 13.6. The summed E-state index contributed by atoms with van der Waals surface area (Å²) in [5.74, 6) is 0.0181. The largest absolute Gasteiger partial charge is 0.331 e. The topological polar surface area (TPSA) is 70.6 Å². The van der Waals surface area contributed by atoms with Gasteiger partial charge < -0.3 is 4.90 Å². The lowest BCUT2D eigenvalue weighted by Gasteiger charge is -2.28. The third kappa shape index (κ3) is 4.06. The molecule has 1 aromatic carbocycles. The van der Waals surface area contributed by atoms with Gasteiger partial charge in [0.2, 0.25) is 10.0 Å². The molecule has 33 heavy (non-hydrogen) atoms. The molecule has 2 fully saturated rings. The van der Waals surface area contributed by atoms with Crippen molar-refractivity contribution in [2.45, 2.75) is 56.3 Å². The number of carbonyl (C=O) groups is 1. The van der Waals surface area contributed by atoms with Gasteiger partial charge in [-0.05, 0) is 50.3 Å². The number of rotatable bonds is 6. The zero-order valence-corrected chi connectivity index (χ0v) is 21.2. The molecular formula is C23H24Cl3N3O3S. The second-order valence-electron chi connectivity index (χ2n) is 8.97. The Hall–Kier alpha value is -1.38. The van der Waals surface area contributed by atoms with E-state index in [1.165, 1.54) is 0 Å². The van der Waals surface area contributed by atoms with Crippen molar-refractivity contribution in [1.82, 2.24) is 14.2 Å². The van der Waals surface area contributed by atoms with Crippen molar-refractivity contribution in [2.24, 2.45) is 0 Å². The molecule has 1 saturated heterocycles. The SMILES string of the molecule is Cc1nc2c(c(-c3ccc(Cl)cc3Cl)c1CCl)C(=O)N(CC1CCCN1S(=O)(=O)C1CC1)C2. The van der Waals surface area contributed by atoms with Gasteiger partial charge in [-0.2, -0.15) is 4.31 Å². The van der Waals surface area contributed by atoms with Gasteiger partial charge in [0.1, 0.15) is 0 Å².